The minimum atomic E-state index is -0.221. The van der Waals surface area contributed by atoms with Gasteiger partial charge in [0, 0.05) is 22.0 Å². The normalized spacial score (nSPS) is 20.5. The maximum Gasteiger partial charge on any atom is 0.213 e. The van der Waals surface area contributed by atoms with E-state index >= 15 is 0 Å². The molecule has 0 bridgehead atoms. The van der Waals surface area contributed by atoms with Crippen molar-refractivity contribution in [2.24, 2.45) is 5.10 Å². The number of nitrogens with zero attached hydrogens (tertiary/aromatic N) is 2. The average molecular weight is 419 g/mol. The van der Waals surface area contributed by atoms with E-state index in [0.29, 0.717) is 0 Å². The van der Waals surface area contributed by atoms with Gasteiger partial charge in [0.1, 0.15) is 5.75 Å². The second-order valence-corrected chi connectivity index (χ2v) is 7.99. The van der Waals surface area contributed by atoms with Crippen molar-refractivity contribution in [3.63, 3.8) is 0 Å². The Labute approximate surface area is 167 Å². The van der Waals surface area contributed by atoms with Crippen molar-refractivity contribution in [2.45, 2.75) is 25.6 Å². The van der Waals surface area contributed by atoms with Gasteiger partial charge in [0.25, 0.3) is 0 Å². The van der Waals surface area contributed by atoms with Crippen molar-refractivity contribution in [2.75, 3.05) is 0 Å². The number of fused-ring (bicyclic) bond motifs is 3. The van der Waals surface area contributed by atoms with E-state index in [0.717, 1.165) is 27.9 Å². The number of benzene rings is 3. The first-order valence-corrected chi connectivity index (χ1v) is 9.92. The zero-order valence-corrected chi connectivity index (χ0v) is 16.6. The van der Waals surface area contributed by atoms with E-state index in [2.05, 4.69) is 94.6 Å². The Bertz CT molecular complexity index is 1010. The molecule has 0 amide bonds. The summed E-state index contributed by atoms with van der Waals surface area (Å²) >= 11 is 3.52. The first-order valence-electron chi connectivity index (χ1n) is 9.13. The lowest BCUT2D eigenvalue weighted by atomic mass is 9.95. The number of para-hydroxylation sites is 1. The Kier molecular flexibility index (Phi) is 4.01. The summed E-state index contributed by atoms with van der Waals surface area (Å²) in [6.07, 6.45) is 0.664. The summed E-state index contributed by atoms with van der Waals surface area (Å²) in [6, 6.07) is 25.4. The molecule has 2 aliphatic rings. The van der Waals surface area contributed by atoms with Gasteiger partial charge in [-0.3, -0.25) is 0 Å². The fourth-order valence-electron chi connectivity index (χ4n) is 3.80. The van der Waals surface area contributed by atoms with Crippen LogP contribution >= 0.6 is 15.9 Å². The topological polar surface area (TPSA) is 24.8 Å². The van der Waals surface area contributed by atoms with Gasteiger partial charge in [0.2, 0.25) is 6.23 Å². The van der Waals surface area contributed by atoms with E-state index in [1.165, 1.54) is 16.7 Å². The van der Waals surface area contributed by atoms with Crippen LogP contribution in [-0.4, -0.2) is 10.7 Å². The molecule has 0 saturated heterocycles. The third-order valence-corrected chi connectivity index (χ3v) is 5.77. The predicted octanol–water partition coefficient (Wildman–Crippen LogP) is 6.00. The Morgan fingerprint density at radius 2 is 1.70 bits per heavy atom. The highest BCUT2D eigenvalue weighted by molar-refractivity contribution is 9.10. The fraction of sp³-hybridized carbons (Fsp3) is 0.174. The molecule has 0 saturated carbocycles. The molecule has 0 N–H and O–H groups in total. The number of hydrogen-bond acceptors (Lipinski definition) is 3. The number of halogens is 1. The summed E-state index contributed by atoms with van der Waals surface area (Å²) < 4.78 is 7.44. The van der Waals surface area contributed by atoms with Crippen molar-refractivity contribution in [1.29, 1.82) is 0 Å². The van der Waals surface area contributed by atoms with E-state index in [1.807, 2.05) is 6.07 Å². The van der Waals surface area contributed by atoms with Crippen molar-refractivity contribution in [1.82, 2.24) is 5.01 Å². The molecule has 3 aromatic carbocycles. The van der Waals surface area contributed by atoms with Crippen molar-refractivity contribution >= 4 is 21.6 Å². The summed E-state index contributed by atoms with van der Waals surface area (Å²) in [5, 5.41) is 7.13. The molecule has 0 fully saturated rings. The van der Waals surface area contributed by atoms with Crippen molar-refractivity contribution in [3.05, 3.63) is 99.5 Å². The van der Waals surface area contributed by atoms with Gasteiger partial charge in [-0.15, -0.1) is 0 Å². The van der Waals surface area contributed by atoms with E-state index in [-0.39, 0.29) is 12.3 Å². The monoisotopic (exact) mass is 418 g/mol. The fourth-order valence-corrected chi connectivity index (χ4v) is 4.07. The number of aryl methyl sites for hydroxylation is 1. The Morgan fingerprint density at radius 3 is 2.48 bits per heavy atom. The zero-order valence-electron chi connectivity index (χ0n) is 15.0. The second-order valence-electron chi connectivity index (χ2n) is 7.07. The number of hydrogen-bond donors (Lipinski definition) is 0. The molecule has 2 atom stereocenters. The minimum absolute atomic E-state index is 0.194. The molecule has 27 heavy (non-hydrogen) atoms. The molecule has 0 aromatic heterocycles. The van der Waals surface area contributed by atoms with E-state index in [1.54, 1.807) is 0 Å². The van der Waals surface area contributed by atoms with Crippen LogP contribution in [0.15, 0.2) is 82.4 Å². The molecule has 0 aliphatic carbocycles. The molecule has 134 valence electrons. The lowest BCUT2D eigenvalue weighted by Gasteiger charge is -2.38. The summed E-state index contributed by atoms with van der Waals surface area (Å²) in [4.78, 5) is 0. The Hall–Kier alpha value is -2.59. The maximum absolute atomic E-state index is 6.38. The molecule has 0 spiro atoms. The van der Waals surface area contributed by atoms with Crippen LogP contribution < -0.4 is 4.74 Å². The molecule has 3 nitrogen and oxygen atoms in total. The molecule has 3 aromatic rings. The molecular formula is C23H19BrN2O. The molecule has 2 unspecified atom stereocenters. The van der Waals surface area contributed by atoms with Gasteiger partial charge in [-0.05, 0) is 30.7 Å². The van der Waals surface area contributed by atoms with Gasteiger partial charge in [0.15, 0.2) is 0 Å². The van der Waals surface area contributed by atoms with Crippen LogP contribution in [0.4, 0.5) is 0 Å². The molecule has 0 radical (unpaired) electrons. The van der Waals surface area contributed by atoms with Crippen LogP contribution in [0.25, 0.3) is 0 Å². The van der Waals surface area contributed by atoms with E-state index in [9.17, 15) is 0 Å². The Balaban J connectivity index is 1.58. The lowest BCUT2D eigenvalue weighted by molar-refractivity contribution is -0.0190. The van der Waals surface area contributed by atoms with Crippen molar-refractivity contribution < 1.29 is 4.74 Å². The SMILES string of the molecule is Cc1ccc(C2=NN3C(C2)c2ccccc2OC3c2ccc(Br)cc2)cc1. The van der Waals surface area contributed by atoms with E-state index in [4.69, 9.17) is 9.84 Å². The van der Waals surface area contributed by atoms with Gasteiger partial charge in [-0.2, -0.15) is 5.10 Å². The number of ether oxygens (including phenoxy) is 1. The first-order chi connectivity index (χ1) is 13.2. The molecule has 4 heteroatoms. The summed E-state index contributed by atoms with van der Waals surface area (Å²) in [5.74, 6) is 0.951. The van der Waals surface area contributed by atoms with Gasteiger partial charge >= 0.3 is 0 Å². The highest BCUT2D eigenvalue weighted by Gasteiger charge is 2.40. The number of hydrazone groups is 1. The summed E-state index contributed by atoms with van der Waals surface area (Å²) in [7, 11) is 0. The summed E-state index contributed by atoms with van der Waals surface area (Å²) in [5.41, 5.74) is 5.87. The van der Waals surface area contributed by atoms with Gasteiger partial charge < -0.3 is 4.74 Å². The minimum Gasteiger partial charge on any atom is -0.464 e. The van der Waals surface area contributed by atoms with Crippen molar-refractivity contribution in [3.8, 4) is 5.75 Å². The third-order valence-electron chi connectivity index (χ3n) is 5.24. The third kappa shape index (κ3) is 2.94. The zero-order chi connectivity index (χ0) is 18.4. The van der Waals surface area contributed by atoms with Crippen LogP contribution in [0.5, 0.6) is 5.75 Å². The molecule has 2 aliphatic heterocycles. The van der Waals surface area contributed by atoms with Gasteiger partial charge in [0.05, 0.1) is 11.8 Å². The van der Waals surface area contributed by atoms with Crippen LogP contribution in [0, 0.1) is 6.92 Å². The highest BCUT2D eigenvalue weighted by atomic mass is 79.9. The summed E-state index contributed by atoms with van der Waals surface area (Å²) in [6.45, 7) is 2.11. The van der Waals surface area contributed by atoms with Crippen LogP contribution in [0.3, 0.4) is 0 Å². The predicted molar refractivity (Wildman–Crippen MR) is 111 cm³/mol. The second kappa shape index (κ2) is 6.54. The van der Waals surface area contributed by atoms with Gasteiger partial charge in [-0.25, -0.2) is 5.01 Å². The Morgan fingerprint density at radius 1 is 0.963 bits per heavy atom. The molecular weight excluding hydrogens is 400 g/mol. The smallest absolute Gasteiger partial charge is 0.213 e. The molecule has 5 rings (SSSR count). The highest BCUT2D eigenvalue weighted by Crippen LogP contribution is 2.47. The maximum atomic E-state index is 6.38. The largest absolute Gasteiger partial charge is 0.464 e. The lowest BCUT2D eigenvalue weighted by Crippen LogP contribution is -2.33. The van der Waals surface area contributed by atoms with Crippen LogP contribution in [0.2, 0.25) is 0 Å². The van der Waals surface area contributed by atoms with E-state index < -0.39 is 0 Å². The van der Waals surface area contributed by atoms with Gasteiger partial charge in [-0.1, -0.05) is 76.1 Å². The quantitative estimate of drug-likeness (QED) is 0.509. The first kappa shape index (κ1) is 16.6. The number of rotatable bonds is 2. The standard InChI is InChI=1S/C23H19BrN2O/c1-15-6-8-16(9-7-15)20-14-21-19-4-2-3-5-22(19)27-23(26(21)25-20)17-10-12-18(24)13-11-17/h2-13,21,23H,14H2,1H3. The van der Waals surface area contributed by atoms with Crippen LogP contribution in [-0.2, 0) is 0 Å². The molecule has 2 heterocycles. The van der Waals surface area contributed by atoms with Crippen LogP contribution in [0.1, 0.15) is 40.9 Å². The average Bonchev–Trinajstić information content (AvgIpc) is 3.14.